The van der Waals surface area contributed by atoms with E-state index in [0.29, 0.717) is 0 Å². The van der Waals surface area contributed by atoms with Crippen LogP contribution in [-0.4, -0.2) is 31.8 Å². The molecule has 0 unspecified atom stereocenters. The van der Waals surface area contributed by atoms with E-state index >= 15 is 0 Å². The first-order valence-electron chi connectivity index (χ1n) is 7.32. The average molecular weight is 335 g/mol. The first-order chi connectivity index (χ1) is 11.4. The Morgan fingerprint density at radius 1 is 1.17 bits per heavy atom. The highest BCUT2D eigenvalue weighted by molar-refractivity contribution is 5.89. The summed E-state index contributed by atoms with van der Waals surface area (Å²) < 4.78 is 27.8. The largest absolute Gasteiger partial charge is 0.394 e. The number of nitrogens with one attached hydrogen (secondary N) is 2. The van der Waals surface area contributed by atoms with Crippen molar-refractivity contribution in [3.8, 4) is 0 Å². The van der Waals surface area contributed by atoms with Gasteiger partial charge in [0, 0.05) is 19.8 Å². The van der Waals surface area contributed by atoms with Gasteiger partial charge in [-0.2, -0.15) is 0 Å². The summed E-state index contributed by atoms with van der Waals surface area (Å²) in [5, 5.41) is 14.3. The van der Waals surface area contributed by atoms with E-state index in [2.05, 4.69) is 10.6 Å². The SMILES string of the molecule is CN(C)c1c(F)cc(NC(=O)N[C@@H](CO)c2ccccc2)cc1F. The lowest BCUT2D eigenvalue weighted by Gasteiger charge is -2.18. The van der Waals surface area contributed by atoms with Crippen molar-refractivity contribution in [1.82, 2.24) is 5.32 Å². The smallest absolute Gasteiger partial charge is 0.319 e. The Hall–Kier alpha value is -2.67. The van der Waals surface area contributed by atoms with Gasteiger partial charge in [-0.25, -0.2) is 13.6 Å². The zero-order valence-corrected chi connectivity index (χ0v) is 13.4. The van der Waals surface area contributed by atoms with Gasteiger partial charge in [0.2, 0.25) is 0 Å². The standard InChI is InChI=1S/C17H19F2N3O2/c1-22(2)16-13(18)8-12(9-14(16)19)20-17(24)21-15(10-23)11-6-4-3-5-7-11/h3-9,15,23H,10H2,1-2H3,(H2,20,21,24)/t15-/m0/s1. The fourth-order valence-corrected chi connectivity index (χ4v) is 2.31. The van der Waals surface area contributed by atoms with Crippen molar-refractivity contribution >= 4 is 17.4 Å². The summed E-state index contributed by atoms with van der Waals surface area (Å²) in [5.41, 5.74) is 0.520. The summed E-state index contributed by atoms with van der Waals surface area (Å²) in [4.78, 5) is 13.3. The number of benzene rings is 2. The molecular weight excluding hydrogens is 316 g/mol. The van der Waals surface area contributed by atoms with Crippen LogP contribution in [0.5, 0.6) is 0 Å². The van der Waals surface area contributed by atoms with Crippen LogP contribution in [0.1, 0.15) is 11.6 Å². The molecule has 2 aromatic rings. The van der Waals surface area contributed by atoms with Gasteiger partial charge in [-0.15, -0.1) is 0 Å². The maximum Gasteiger partial charge on any atom is 0.319 e. The third kappa shape index (κ3) is 4.20. The van der Waals surface area contributed by atoms with Crippen molar-refractivity contribution in [2.75, 3.05) is 30.9 Å². The minimum Gasteiger partial charge on any atom is -0.394 e. The molecule has 0 aliphatic carbocycles. The summed E-state index contributed by atoms with van der Waals surface area (Å²) in [6, 6.07) is 9.67. The summed E-state index contributed by atoms with van der Waals surface area (Å²) in [6.07, 6.45) is 0. The lowest BCUT2D eigenvalue weighted by molar-refractivity contribution is 0.225. The summed E-state index contributed by atoms with van der Waals surface area (Å²) >= 11 is 0. The molecule has 0 bridgehead atoms. The van der Waals surface area contributed by atoms with E-state index in [1.54, 1.807) is 24.3 Å². The highest BCUT2D eigenvalue weighted by Crippen LogP contribution is 2.25. The van der Waals surface area contributed by atoms with Gasteiger partial charge in [-0.05, 0) is 17.7 Å². The zero-order chi connectivity index (χ0) is 17.7. The number of amides is 2. The van der Waals surface area contributed by atoms with Gasteiger partial charge in [0.1, 0.15) is 5.69 Å². The summed E-state index contributed by atoms with van der Waals surface area (Å²) in [6.45, 7) is -0.306. The molecule has 0 aliphatic heterocycles. The lowest BCUT2D eigenvalue weighted by atomic mass is 10.1. The van der Waals surface area contributed by atoms with Crippen LogP contribution in [0, 0.1) is 11.6 Å². The van der Waals surface area contributed by atoms with E-state index in [-0.39, 0.29) is 18.0 Å². The van der Waals surface area contributed by atoms with Crippen LogP contribution in [0.4, 0.5) is 25.0 Å². The number of anilines is 2. The molecule has 0 radical (unpaired) electrons. The molecule has 2 aromatic carbocycles. The number of urea groups is 1. The molecule has 7 heteroatoms. The van der Waals surface area contributed by atoms with Gasteiger partial charge < -0.3 is 20.6 Å². The van der Waals surface area contributed by atoms with Crippen LogP contribution < -0.4 is 15.5 Å². The molecule has 24 heavy (non-hydrogen) atoms. The Bertz CT molecular complexity index is 685. The fourth-order valence-electron chi connectivity index (χ4n) is 2.31. The third-order valence-electron chi connectivity index (χ3n) is 3.41. The lowest BCUT2D eigenvalue weighted by Crippen LogP contribution is -2.34. The molecule has 3 N–H and O–H groups in total. The molecule has 0 aromatic heterocycles. The number of hydrogen-bond donors (Lipinski definition) is 3. The molecule has 128 valence electrons. The Kier molecular flexibility index (Phi) is 5.70. The Morgan fingerprint density at radius 2 is 1.75 bits per heavy atom. The molecule has 0 fully saturated rings. The maximum atomic E-state index is 13.9. The molecule has 1 atom stereocenters. The predicted octanol–water partition coefficient (Wildman–Crippen LogP) is 2.89. The van der Waals surface area contributed by atoms with Crippen molar-refractivity contribution in [1.29, 1.82) is 0 Å². The van der Waals surface area contributed by atoms with Gasteiger partial charge >= 0.3 is 6.03 Å². The Labute approximate surface area is 138 Å². The van der Waals surface area contributed by atoms with E-state index in [4.69, 9.17) is 0 Å². The molecule has 2 amide bonds. The first kappa shape index (κ1) is 17.7. The molecule has 0 heterocycles. The number of hydrogen-bond acceptors (Lipinski definition) is 3. The third-order valence-corrected chi connectivity index (χ3v) is 3.41. The van der Waals surface area contributed by atoms with E-state index < -0.39 is 23.7 Å². The van der Waals surface area contributed by atoms with Crippen molar-refractivity contribution in [2.24, 2.45) is 0 Å². The number of nitrogens with zero attached hydrogens (tertiary/aromatic N) is 1. The Morgan fingerprint density at radius 3 is 2.25 bits per heavy atom. The van der Waals surface area contributed by atoms with Crippen LogP contribution in [0.2, 0.25) is 0 Å². The minimum atomic E-state index is -0.780. The van der Waals surface area contributed by atoms with Crippen LogP contribution in [0.15, 0.2) is 42.5 Å². The van der Waals surface area contributed by atoms with E-state index in [1.165, 1.54) is 19.0 Å². The van der Waals surface area contributed by atoms with Crippen molar-refractivity contribution < 1.29 is 18.7 Å². The second kappa shape index (κ2) is 7.74. The van der Waals surface area contributed by atoms with Crippen LogP contribution in [0.3, 0.4) is 0 Å². The molecule has 2 rings (SSSR count). The number of aliphatic hydroxyl groups is 1. The van der Waals surface area contributed by atoms with Crippen LogP contribution in [0.25, 0.3) is 0 Å². The number of carbonyl (C=O) groups excluding carboxylic acids is 1. The second-order valence-electron chi connectivity index (χ2n) is 5.43. The highest BCUT2D eigenvalue weighted by Gasteiger charge is 2.16. The first-order valence-corrected chi connectivity index (χ1v) is 7.32. The second-order valence-corrected chi connectivity index (χ2v) is 5.43. The number of rotatable bonds is 5. The maximum absolute atomic E-state index is 13.9. The topological polar surface area (TPSA) is 64.6 Å². The molecule has 0 aliphatic rings. The quantitative estimate of drug-likeness (QED) is 0.787. The van der Waals surface area contributed by atoms with Crippen LogP contribution in [-0.2, 0) is 0 Å². The normalized spacial score (nSPS) is 11.7. The number of aliphatic hydroxyl groups excluding tert-OH is 1. The molecule has 0 saturated carbocycles. The van der Waals surface area contributed by atoms with Crippen molar-refractivity contribution in [3.63, 3.8) is 0 Å². The van der Waals surface area contributed by atoms with Gasteiger partial charge in [0.15, 0.2) is 11.6 Å². The molecule has 0 spiro atoms. The van der Waals surface area contributed by atoms with Crippen molar-refractivity contribution in [2.45, 2.75) is 6.04 Å². The number of carbonyl (C=O) groups is 1. The van der Waals surface area contributed by atoms with Gasteiger partial charge in [-0.1, -0.05) is 30.3 Å². The number of halogens is 2. The minimum absolute atomic E-state index is 0.0159. The fraction of sp³-hybridized carbons (Fsp3) is 0.235. The van der Waals surface area contributed by atoms with Gasteiger partial charge in [-0.3, -0.25) is 0 Å². The van der Waals surface area contributed by atoms with E-state index in [0.717, 1.165) is 17.7 Å². The van der Waals surface area contributed by atoms with E-state index in [9.17, 15) is 18.7 Å². The monoisotopic (exact) mass is 335 g/mol. The van der Waals surface area contributed by atoms with Gasteiger partial charge in [0.05, 0.1) is 12.6 Å². The highest BCUT2D eigenvalue weighted by atomic mass is 19.1. The van der Waals surface area contributed by atoms with Gasteiger partial charge in [0.25, 0.3) is 0 Å². The molecular formula is C17H19F2N3O2. The average Bonchev–Trinajstić information content (AvgIpc) is 2.52. The molecule has 5 nitrogen and oxygen atoms in total. The zero-order valence-electron chi connectivity index (χ0n) is 13.4. The Balaban J connectivity index is 2.09. The van der Waals surface area contributed by atoms with Crippen molar-refractivity contribution in [3.05, 3.63) is 59.7 Å². The predicted molar refractivity (Wildman–Crippen MR) is 89.1 cm³/mol. The molecule has 0 saturated heterocycles. The summed E-state index contributed by atoms with van der Waals surface area (Å²) in [5.74, 6) is -1.56. The van der Waals surface area contributed by atoms with Crippen LogP contribution >= 0.6 is 0 Å². The van der Waals surface area contributed by atoms with E-state index in [1.807, 2.05) is 6.07 Å². The summed E-state index contributed by atoms with van der Waals surface area (Å²) in [7, 11) is 3.04.